The van der Waals surface area contributed by atoms with Gasteiger partial charge in [0.05, 0.1) is 45.1 Å². The Morgan fingerprint density at radius 1 is 0.310 bits per heavy atom. The van der Waals surface area contributed by atoms with Crippen molar-refractivity contribution < 1.29 is 120 Å². The first kappa shape index (κ1) is 88.8. The fraction of sp³-hybridized carbons (Fsp3) is 0.143. The molecule has 0 spiro atoms. The van der Waals surface area contributed by atoms with E-state index in [0.717, 1.165) is 67.1 Å². The first-order valence-corrected chi connectivity index (χ1v) is 30.7. The maximum absolute atomic E-state index is 10.0. The predicted octanol–water partition coefficient (Wildman–Crippen LogP) is 20.2. The van der Waals surface area contributed by atoms with Crippen LogP contribution in [-0.4, -0.2) is 63.5 Å². The van der Waals surface area contributed by atoms with Gasteiger partial charge in [-0.05, 0) is 163 Å². The van der Waals surface area contributed by atoms with Gasteiger partial charge >= 0.3 is 0 Å². The zero-order valence-electron chi connectivity index (χ0n) is 57.6. The van der Waals surface area contributed by atoms with Crippen LogP contribution in [-0.2, 0) is 99.6 Å². The SMILES string of the molecule is CC(=O)C=C(C)O.CC(=O)C=C(C)O.CC(=O)C=C(C)O.CC(=O)C=C(C)O.Cc1cc(-c2[c-]cccc2)nc2ccccc12.Cc1cc2ccccc2nc1-c1[c-]cccc1.Cc1ccc2ccc(-c3[c-]cccc3)nc2c1.Cc1ccc2nc(-c3[c-]cccc3)ccc2c1.[Ir].[Ir].[Ir].[Ir]. The van der Waals surface area contributed by atoms with Crippen LogP contribution in [0.15, 0.2) is 266 Å². The zero-order valence-corrected chi connectivity index (χ0v) is 67.2. The molecule has 0 saturated heterocycles. The molecule has 4 N–H and O–H groups in total. The molecule has 12 nitrogen and oxygen atoms in total. The summed E-state index contributed by atoms with van der Waals surface area (Å²) in [5.74, 6) is -0.250. The molecule has 4 heterocycles. The maximum atomic E-state index is 10.0. The van der Waals surface area contributed by atoms with E-state index in [1.807, 2.05) is 140 Å². The Morgan fingerprint density at radius 2 is 0.660 bits per heavy atom. The first-order chi connectivity index (χ1) is 45.8. The van der Waals surface area contributed by atoms with Crippen molar-refractivity contribution in [2.75, 3.05) is 0 Å². The zero-order chi connectivity index (χ0) is 70.1. The van der Waals surface area contributed by atoms with Crippen molar-refractivity contribution in [2.45, 2.75) is 83.1 Å². The van der Waals surface area contributed by atoms with Gasteiger partial charge in [0.1, 0.15) is 0 Å². The van der Waals surface area contributed by atoms with Gasteiger partial charge in [0.25, 0.3) is 0 Å². The molecule has 0 amide bonds. The molecule has 0 bridgehead atoms. The van der Waals surface area contributed by atoms with Gasteiger partial charge in [-0.3, -0.25) is 39.1 Å². The molecule has 100 heavy (non-hydrogen) atoms. The normalized spacial score (nSPS) is 10.4. The van der Waals surface area contributed by atoms with Crippen LogP contribution in [0.2, 0.25) is 0 Å². The van der Waals surface area contributed by atoms with Crippen LogP contribution in [0.25, 0.3) is 88.6 Å². The van der Waals surface area contributed by atoms with E-state index < -0.39 is 0 Å². The number of hydrogen-bond donors (Lipinski definition) is 4. The Labute approximate surface area is 641 Å². The number of allylic oxidation sites excluding steroid dienone is 8. The minimum atomic E-state index is -0.125. The smallest absolute Gasteiger partial charge is 0.155 e. The van der Waals surface area contributed by atoms with Crippen LogP contribution in [0.1, 0.15) is 77.6 Å². The fourth-order valence-electron chi connectivity index (χ4n) is 9.13. The van der Waals surface area contributed by atoms with Crippen LogP contribution < -0.4 is 0 Å². The summed E-state index contributed by atoms with van der Waals surface area (Å²) in [6.45, 7) is 19.8. The molecule has 0 aliphatic carbocycles. The van der Waals surface area contributed by atoms with Crippen molar-refractivity contribution in [2.24, 2.45) is 0 Å². The molecule has 8 aromatic carbocycles. The van der Waals surface area contributed by atoms with Crippen molar-refractivity contribution in [3.05, 3.63) is 312 Å². The van der Waals surface area contributed by atoms with Crippen LogP contribution in [0, 0.1) is 52.0 Å². The molecule has 0 aliphatic heterocycles. The number of aryl methyl sites for hydroxylation is 4. The molecular formula is C84H80Ir4N4O8-4. The Kier molecular flexibility index (Phi) is 41.7. The van der Waals surface area contributed by atoms with Gasteiger partial charge in [-0.2, -0.15) is 0 Å². The van der Waals surface area contributed by atoms with Crippen molar-refractivity contribution in [1.82, 2.24) is 19.9 Å². The summed E-state index contributed by atoms with van der Waals surface area (Å²) in [6.07, 6.45) is 4.67. The molecule has 0 aliphatic rings. The van der Waals surface area contributed by atoms with Crippen LogP contribution >= 0.6 is 0 Å². The van der Waals surface area contributed by atoms with E-state index in [1.54, 1.807) is 0 Å². The van der Waals surface area contributed by atoms with Gasteiger partial charge in [-0.15, -0.1) is 144 Å². The number of aliphatic hydroxyl groups excluding tert-OH is 4. The second-order valence-electron chi connectivity index (χ2n) is 22.2. The molecular weight excluding hydrogens is 1960 g/mol. The van der Waals surface area contributed by atoms with Crippen LogP contribution in [0.5, 0.6) is 0 Å². The van der Waals surface area contributed by atoms with Gasteiger partial charge in [-0.1, -0.05) is 102 Å². The topological polar surface area (TPSA) is 201 Å². The maximum Gasteiger partial charge on any atom is 0.155 e. The van der Waals surface area contributed by atoms with Gasteiger partial charge < -0.3 is 20.4 Å². The van der Waals surface area contributed by atoms with Gasteiger partial charge in [0.2, 0.25) is 0 Å². The Balaban J connectivity index is 0.000000587. The minimum absolute atomic E-state index is 0. The summed E-state index contributed by atoms with van der Waals surface area (Å²) in [5, 5.41) is 38.2. The van der Waals surface area contributed by atoms with Crippen molar-refractivity contribution in [1.29, 1.82) is 0 Å². The van der Waals surface area contributed by atoms with Crippen molar-refractivity contribution in [3.8, 4) is 45.0 Å². The fourth-order valence-corrected chi connectivity index (χ4v) is 9.13. The average Bonchev–Trinajstić information content (AvgIpc) is 0.828. The number of fused-ring (bicyclic) bond motifs is 4. The summed E-state index contributed by atoms with van der Waals surface area (Å²) in [5.41, 5.74) is 17.2. The average molecular weight is 2040 g/mol. The molecule has 12 rings (SSSR count). The molecule has 16 heteroatoms. The first-order valence-electron chi connectivity index (χ1n) is 30.7. The number of hydrogen-bond acceptors (Lipinski definition) is 12. The molecule has 4 aromatic heterocycles. The van der Waals surface area contributed by atoms with E-state index in [0.29, 0.717) is 0 Å². The number of aromatic nitrogens is 4. The van der Waals surface area contributed by atoms with E-state index >= 15 is 0 Å². The molecule has 0 saturated carbocycles. The number of benzene rings is 8. The number of nitrogens with zero attached hydrogens (tertiary/aromatic N) is 4. The van der Waals surface area contributed by atoms with Gasteiger partial charge in [-0.25, -0.2) is 0 Å². The second kappa shape index (κ2) is 47.0. The van der Waals surface area contributed by atoms with Gasteiger partial charge in [0.15, 0.2) is 23.1 Å². The third kappa shape index (κ3) is 32.7. The summed E-state index contributed by atoms with van der Waals surface area (Å²) < 4.78 is 0. The Hall–Kier alpha value is -9.16. The molecule has 0 fully saturated rings. The summed E-state index contributed by atoms with van der Waals surface area (Å²) >= 11 is 0. The minimum Gasteiger partial charge on any atom is -0.512 e. The van der Waals surface area contributed by atoms with Gasteiger partial charge in [0, 0.05) is 110 Å². The summed E-state index contributed by atoms with van der Waals surface area (Å²) in [4.78, 5) is 58.8. The van der Waals surface area contributed by atoms with Crippen molar-refractivity contribution >= 4 is 66.7 Å². The quantitative estimate of drug-likeness (QED) is 0.0638. The second-order valence-corrected chi connectivity index (χ2v) is 22.2. The van der Waals surface area contributed by atoms with E-state index in [2.05, 4.69) is 146 Å². The van der Waals surface area contributed by atoms with Crippen molar-refractivity contribution in [3.63, 3.8) is 0 Å². The number of aliphatic hydroxyl groups is 4. The Morgan fingerprint density at radius 3 is 1.10 bits per heavy atom. The Bertz CT molecular complexity index is 4550. The molecule has 4 radical (unpaired) electrons. The molecule has 0 unspecified atom stereocenters. The van der Waals surface area contributed by atoms with E-state index in [-0.39, 0.29) is 127 Å². The monoisotopic (exact) mass is 2040 g/mol. The summed E-state index contributed by atoms with van der Waals surface area (Å²) in [7, 11) is 0. The number of ketones is 4. The molecule has 12 aromatic rings. The van der Waals surface area contributed by atoms with E-state index in [9.17, 15) is 19.2 Å². The van der Waals surface area contributed by atoms with Crippen LogP contribution in [0.3, 0.4) is 0 Å². The number of carbonyl (C=O) groups is 4. The molecule has 0 atom stereocenters. The number of rotatable bonds is 8. The number of carbonyl (C=O) groups excluding carboxylic acids is 4. The van der Waals surface area contributed by atoms with Crippen LogP contribution in [0.4, 0.5) is 0 Å². The molecule has 524 valence electrons. The van der Waals surface area contributed by atoms with E-state index in [4.69, 9.17) is 25.4 Å². The number of para-hydroxylation sites is 2. The third-order valence-electron chi connectivity index (χ3n) is 13.1. The van der Waals surface area contributed by atoms with E-state index in [1.165, 1.54) is 123 Å². The largest absolute Gasteiger partial charge is 0.512 e. The summed E-state index contributed by atoms with van der Waals surface area (Å²) in [6, 6.07) is 86.2. The predicted molar refractivity (Wildman–Crippen MR) is 391 cm³/mol. The number of pyridine rings is 4. The standard InChI is InChI=1S/4C16H12N.4C5H8O2.4Ir/c1-12-11-16(13-7-3-2-4-8-13)17-15-10-6-5-9-14(12)15;1-12-11-14-9-5-6-10-15(14)17-16(12)13-7-3-2-4-8-13;1-12-7-9-16-14(11-12)8-10-15(17-16)13-5-3-2-4-6-13;1-12-7-8-14-9-10-15(17-16(14)11-12)13-5-3-2-4-6-13;4*1-4(6)3-5(2)7;;;;/h2*2-7,9-11H,1H3;2*2-5,7-11H,1H3;4*3,6H,1-2H3;;;;/q4*-1;;;;;;;;. The third-order valence-corrected chi connectivity index (χ3v) is 13.1.